The van der Waals surface area contributed by atoms with Gasteiger partial charge in [-0.15, -0.1) is 0 Å². The Morgan fingerprint density at radius 3 is 2.60 bits per heavy atom. The molecule has 1 aromatic carbocycles. The highest BCUT2D eigenvalue weighted by atomic mass is 16.4. The van der Waals surface area contributed by atoms with Gasteiger partial charge >= 0.3 is 5.97 Å². The third-order valence-corrected chi connectivity index (χ3v) is 3.51. The number of nitrogens with zero attached hydrogens (tertiary/aromatic N) is 1. The first kappa shape index (κ1) is 14.5. The van der Waals surface area contributed by atoms with Gasteiger partial charge in [0.1, 0.15) is 0 Å². The highest BCUT2D eigenvalue weighted by Crippen LogP contribution is 2.07. The molecule has 1 heterocycles. The number of nitrogens with one attached hydrogen (secondary N) is 1. The van der Waals surface area contributed by atoms with Crippen LogP contribution in [0.25, 0.3) is 0 Å². The van der Waals surface area contributed by atoms with Crippen molar-refractivity contribution < 1.29 is 14.7 Å². The van der Waals surface area contributed by atoms with E-state index in [-0.39, 0.29) is 11.5 Å². The summed E-state index contributed by atoms with van der Waals surface area (Å²) >= 11 is 0. The molecule has 0 unspecified atom stereocenters. The van der Waals surface area contributed by atoms with Crippen molar-refractivity contribution in [1.82, 2.24) is 10.2 Å². The summed E-state index contributed by atoms with van der Waals surface area (Å²) in [5.74, 6) is -1.23. The molecule has 0 saturated carbocycles. The number of benzene rings is 1. The predicted molar refractivity (Wildman–Crippen MR) is 76.0 cm³/mol. The first-order valence-corrected chi connectivity index (χ1v) is 7.01. The van der Waals surface area contributed by atoms with Gasteiger partial charge in [0.2, 0.25) is 0 Å². The maximum absolute atomic E-state index is 11.9. The lowest BCUT2D eigenvalue weighted by Gasteiger charge is -2.14. The molecule has 5 heteroatoms. The third kappa shape index (κ3) is 4.06. The molecular weight excluding hydrogens is 256 g/mol. The fourth-order valence-corrected chi connectivity index (χ4v) is 2.41. The Hall–Kier alpha value is -1.88. The summed E-state index contributed by atoms with van der Waals surface area (Å²) in [6.07, 6.45) is 3.47. The van der Waals surface area contributed by atoms with Crippen LogP contribution in [-0.4, -0.2) is 48.1 Å². The molecule has 0 aliphatic carbocycles. The molecular formula is C15H20N2O3. The monoisotopic (exact) mass is 276 g/mol. The van der Waals surface area contributed by atoms with Crippen LogP contribution in [0.1, 0.15) is 40.0 Å². The summed E-state index contributed by atoms with van der Waals surface area (Å²) in [7, 11) is 0. The second-order valence-corrected chi connectivity index (χ2v) is 5.04. The number of carbonyl (C=O) groups excluding carboxylic acids is 1. The van der Waals surface area contributed by atoms with Crippen molar-refractivity contribution in [2.45, 2.75) is 19.3 Å². The molecule has 2 N–H and O–H groups in total. The zero-order valence-corrected chi connectivity index (χ0v) is 11.5. The van der Waals surface area contributed by atoms with E-state index in [1.54, 1.807) is 12.1 Å². The van der Waals surface area contributed by atoms with E-state index in [1.165, 1.54) is 25.0 Å². The number of amides is 1. The highest BCUT2D eigenvalue weighted by molar-refractivity contribution is 5.97. The number of hydrogen-bond acceptors (Lipinski definition) is 3. The Morgan fingerprint density at radius 1 is 1.20 bits per heavy atom. The standard InChI is InChI=1S/C15H20N2O3/c18-14(12-5-3-6-13(11-12)15(19)20)16-7-4-10-17-8-1-2-9-17/h3,5-6,11H,1-2,4,7-10H2,(H,16,18)(H,19,20). The van der Waals surface area contributed by atoms with Gasteiger partial charge < -0.3 is 15.3 Å². The van der Waals surface area contributed by atoms with E-state index in [9.17, 15) is 9.59 Å². The van der Waals surface area contributed by atoms with Crippen LogP contribution < -0.4 is 5.32 Å². The first-order valence-electron chi connectivity index (χ1n) is 7.01. The molecule has 1 aliphatic rings. The molecule has 1 aromatic rings. The second-order valence-electron chi connectivity index (χ2n) is 5.04. The van der Waals surface area contributed by atoms with Crippen LogP contribution in [0.3, 0.4) is 0 Å². The van der Waals surface area contributed by atoms with Crippen molar-refractivity contribution in [3.05, 3.63) is 35.4 Å². The van der Waals surface area contributed by atoms with E-state index in [0.717, 1.165) is 26.1 Å². The van der Waals surface area contributed by atoms with Gasteiger partial charge in [-0.2, -0.15) is 0 Å². The topological polar surface area (TPSA) is 69.6 Å². The minimum atomic E-state index is -1.02. The van der Waals surface area contributed by atoms with Crippen LogP contribution >= 0.6 is 0 Å². The van der Waals surface area contributed by atoms with Gasteiger partial charge in [0.25, 0.3) is 5.91 Å². The molecule has 0 bridgehead atoms. The molecule has 0 radical (unpaired) electrons. The van der Waals surface area contributed by atoms with Gasteiger partial charge in [-0.05, 0) is 57.1 Å². The average Bonchev–Trinajstić information content (AvgIpc) is 2.96. The molecule has 1 amide bonds. The number of carboxylic acid groups (broad SMARTS) is 1. The molecule has 5 nitrogen and oxygen atoms in total. The maximum atomic E-state index is 11.9. The fourth-order valence-electron chi connectivity index (χ4n) is 2.41. The van der Waals surface area contributed by atoms with Crippen molar-refractivity contribution in [2.24, 2.45) is 0 Å². The van der Waals surface area contributed by atoms with Crippen LogP contribution in [0, 0.1) is 0 Å². The van der Waals surface area contributed by atoms with Crippen LogP contribution in [-0.2, 0) is 0 Å². The predicted octanol–water partition coefficient (Wildman–Crippen LogP) is 1.60. The van der Waals surface area contributed by atoms with E-state index in [1.807, 2.05) is 0 Å². The lowest BCUT2D eigenvalue weighted by atomic mass is 10.1. The number of carboxylic acids is 1. The molecule has 0 spiro atoms. The smallest absolute Gasteiger partial charge is 0.335 e. The Labute approximate surface area is 118 Å². The fraction of sp³-hybridized carbons (Fsp3) is 0.467. The van der Waals surface area contributed by atoms with Gasteiger partial charge in [0, 0.05) is 12.1 Å². The average molecular weight is 276 g/mol. The van der Waals surface area contributed by atoms with Crippen molar-refractivity contribution in [1.29, 1.82) is 0 Å². The maximum Gasteiger partial charge on any atom is 0.335 e. The Bertz CT molecular complexity index is 482. The molecule has 108 valence electrons. The van der Waals surface area contributed by atoms with Crippen molar-refractivity contribution in [2.75, 3.05) is 26.2 Å². The minimum absolute atomic E-state index is 0.134. The van der Waals surface area contributed by atoms with Gasteiger partial charge in [-0.3, -0.25) is 4.79 Å². The first-order chi connectivity index (χ1) is 9.66. The van der Waals surface area contributed by atoms with Gasteiger partial charge in [-0.25, -0.2) is 4.79 Å². The molecule has 20 heavy (non-hydrogen) atoms. The van der Waals surface area contributed by atoms with Crippen molar-refractivity contribution in [3.63, 3.8) is 0 Å². The minimum Gasteiger partial charge on any atom is -0.478 e. The third-order valence-electron chi connectivity index (χ3n) is 3.51. The Balaban J connectivity index is 1.76. The van der Waals surface area contributed by atoms with Crippen LogP contribution in [0.4, 0.5) is 0 Å². The zero-order valence-electron chi connectivity index (χ0n) is 11.5. The highest BCUT2D eigenvalue weighted by Gasteiger charge is 2.11. The lowest BCUT2D eigenvalue weighted by Crippen LogP contribution is -2.28. The Morgan fingerprint density at radius 2 is 1.90 bits per heavy atom. The van der Waals surface area contributed by atoms with E-state index >= 15 is 0 Å². The molecule has 0 aromatic heterocycles. The van der Waals surface area contributed by atoms with Gasteiger partial charge in [0.15, 0.2) is 0 Å². The molecule has 1 saturated heterocycles. The summed E-state index contributed by atoms with van der Waals surface area (Å²) < 4.78 is 0. The van der Waals surface area contributed by atoms with E-state index in [2.05, 4.69) is 10.2 Å². The quantitative estimate of drug-likeness (QED) is 0.774. The summed E-state index contributed by atoms with van der Waals surface area (Å²) in [5.41, 5.74) is 0.529. The van der Waals surface area contributed by atoms with E-state index in [4.69, 9.17) is 5.11 Å². The number of aromatic carboxylic acids is 1. The molecule has 1 fully saturated rings. The molecule has 2 rings (SSSR count). The van der Waals surface area contributed by atoms with Crippen LogP contribution in [0.2, 0.25) is 0 Å². The van der Waals surface area contributed by atoms with Gasteiger partial charge in [-0.1, -0.05) is 6.07 Å². The normalized spacial score (nSPS) is 15.2. The van der Waals surface area contributed by atoms with E-state index < -0.39 is 5.97 Å². The van der Waals surface area contributed by atoms with Crippen LogP contribution in [0.15, 0.2) is 24.3 Å². The number of hydrogen-bond donors (Lipinski definition) is 2. The van der Waals surface area contributed by atoms with Crippen LogP contribution in [0.5, 0.6) is 0 Å². The van der Waals surface area contributed by atoms with E-state index in [0.29, 0.717) is 12.1 Å². The zero-order chi connectivity index (χ0) is 14.4. The summed E-state index contributed by atoms with van der Waals surface area (Å²) in [6, 6.07) is 6.09. The molecule has 1 aliphatic heterocycles. The molecule has 0 atom stereocenters. The van der Waals surface area contributed by atoms with Crippen molar-refractivity contribution in [3.8, 4) is 0 Å². The van der Waals surface area contributed by atoms with Crippen molar-refractivity contribution >= 4 is 11.9 Å². The van der Waals surface area contributed by atoms with Gasteiger partial charge in [0.05, 0.1) is 5.56 Å². The SMILES string of the molecule is O=C(O)c1cccc(C(=O)NCCCN2CCCC2)c1. The largest absolute Gasteiger partial charge is 0.478 e. The summed E-state index contributed by atoms with van der Waals surface area (Å²) in [4.78, 5) is 25.1. The number of carbonyl (C=O) groups is 2. The second kappa shape index (κ2) is 7.05. The summed E-state index contributed by atoms with van der Waals surface area (Å²) in [6.45, 7) is 3.95. The number of rotatable bonds is 6. The lowest BCUT2D eigenvalue weighted by molar-refractivity contribution is 0.0697. The summed E-state index contributed by atoms with van der Waals surface area (Å²) in [5, 5.41) is 11.7. The Kier molecular flexibility index (Phi) is 5.12. The number of likely N-dealkylation sites (tertiary alicyclic amines) is 1.